The minimum atomic E-state index is -1.31. The molecule has 4 atom stereocenters. The Bertz CT molecular complexity index is 1270. The van der Waals surface area contributed by atoms with Crippen LogP contribution in [0.2, 0.25) is 0 Å². The summed E-state index contributed by atoms with van der Waals surface area (Å²) in [4.78, 5) is 39.6. The van der Waals surface area contributed by atoms with Crippen LogP contribution in [0.1, 0.15) is 112 Å². The van der Waals surface area contributed by atoms with Gasteiger partial charge in [0, 0.05) is 35.1 Å². The van der Waals surface area contributed by atoms with Gasteiger partial charge in [-0.1, -0.05) is 78.2 Å². The Labute approximate surface area is 353 Å². The van der Waals surface area contributed by atoms with Crippen LogP contribution in [-0.4, -0.2) is 57.8 Å². The molecule has 0 amide bonds. The predicted octanol–water partition coefficient (Wildman–Crippen LogP) is -0.663. The van der Waals surface area contributed by atoms with Gasteiger partial charge < -0.3 is 53.7 Å². The molecule has 0 saturated carbocycles. The molecule has 0 radical (unpaired) electrons. The van der Waals surface area contributed by atoms with E-state index in [1.807, 2.05) is 0 Å². The number of hydrogen-bond acceptors (Lipinski definition) is 14. The van der Waals surface area contributed by atoms with Gasteiger partial charge in [-0.3, -0.25) is 9.59 Å². The molecular formula is C36H48N6Na2O8. The van der Waals surface area contributed by atoms with Crippen LogP contribution < -0.4 is 59.1 Å². The fourth-order valence-electron chi connectivity index (χ4n) is 2.79. The maximum absolute atomic E-state index is 10.2. The summed E-state index contributed by atoms with van der Waals surface area (Å²) in [5.41, 5.74) is 1.42. The van der Waals surface area contributed by atoms with Crippen LogP contribution in [-0.2, 0) is 9.59 Å². The number of aliphatic hydroxyl groups is 4. The fourth-order valence-corrected chi connectivity index (χ4v) is 2.79. The molecule has 0 aliphatic carbocycles. The number of nitrogens with zero attached hydrogens (tertiary/aromatic N) is 6. The largest absolute Gasteiger partial charge is 1.00 e. The van der Waals surface area contributed by atoms with Crippen molar-refractivity contribution in [1.82, 2.24) is 0 Å². The monoisotopic (exact) mass is 738 g/mol. The first-order valence-corrected chi connectivity index (χ1v) is 12.9. The topological polar surface area (TPSA) is 292 Å². The summed E-state index contributed by atoms with van der Waals surface area (Å²) in [5.74, 6) is 0. The van der Waals surface area contributed by atoms with Crippen molar-refractivity contribution in [2.75, 3.05) is 0 Å². The standard InChI is InChI=1S/C10H8N2O2.C8H6O2.C7H10N2O2.C5H8O2.2CN.4CH4.2Na/c11-5-9(13)7-3-1-2-4-8(7)10(14)6-12;9-5-7-3-1-2-4-8(7)6-10;8-4-6(10)2-1-3-7(11)5-9;6-4-2-1-3-5-7;2*1-2;;;;;;/h1-4,9-10,13-14H;1-6H;6-7,10-11H,1-3H2;4-5H,1-3H2;;;4*1H4;;/q;;;;2*-1;;;;;2*+1. The number of aldehydes is 4. The fraction of sp³-hybridized carbons (Fsp3) is 0.389. The summed E-state index contributed by atoms with van der Waals surface area (Å²) in [6, 6.07) is 19.5. The Morgan fingerprint density at radius 1 is 0.538 bits per heavy atom. The number of benzene rings is 2. The molecule has 0 heterocycles. The molecular weight excluding hydrogens is 690 g/mol. The Morgan fingerprint density at radius 2 is 0.827 bits per heavy atom. The van der Waals surface area contributed by atoms with Crippen molar-refractivity contribution < 1.29 is 98.7 Å². The molecule has 272 valence electrons. The maximum atomic E-state index is 10.2. The summed E-state index contributed by atoms with van der Waals surface area (Å²) < 4.78 is 0. The van der Waals surface area contributed by atoms with E-state index in [2.05, 4.69) is 0 Å². The average molecular weight is 739 g/mol. The van der Waals surface area contributed by atoms with Gasteiger partial charge in [0.1, 0.15) is 24.8 Å². The summed E-state index contributed by atoms with van der Waals surface area (Å²) in [6.07, 6.45) is 1.27. The molecule has 52 heavy (non-hydrogen) atoms. The molecule has 0 spiro atoms. The van der Waals surface area contributed by atoms with Crippen molar-refractivity contribution in [3.8, 4) is 24.3 Å². The van der Waals surface area contributed by atoms with Crippen molar-refractivity contribution in [2.45, 2.75) is 92.6 Å². The molecule has 0 bridgehead atoms. The Hall–Kier alpha value is -4.10. The van der Waals surface area contributed by atoms with Gasteiger partial charge in [-0.25, -0.2) is 0 Å². The van der Waals surface area contributed by atoms with Crippen LogP contribution in [0.4, 0.5) is 0 Å². The smallest absolute Gasteiger partial charge is 0.512 e. The molecule has 4 N–H and O–H groups in total. The van der Waals surface area contributed by atoms with E-state index in [1.165, 1.54) is 12.1 Å². The number of carbonyl (C=O) groups is 4. The van der Waals surface area contributed by atoms with E-state index < -0.39 is 24.4 Å². The third-order valence-electron chi connectivity index (χ3n) is 4.98. The van der Waals surface area contributed by atoms with Gasteiger partial charge >= 0.3 is 59.1 Å². The number of nitriles is 4. The van der Waals surface area contributed by atoms with Crippen LogP contribution in [0.15, 0.2) is 48.5 Å². The molecule has 0 aliphatic rings. The molecule has 0 aromatic heterocycles. The van der Waals surface area contributed by atoms with E-state index in [0.717, 1.165) is 12.6 Å². The summed E-state index contributed by atoms with van der Waals surface area (Å²) in [6.45, 7) is 9.50. The molecule has 14 nitrogen and oxygen atoms in total. The van der Waals surface area contributed by atoms with Gasteiger partial charge in [-0.2, -0.15) is 21.0 Å². The number of carbonyl (C=O) groups excluding carboxylic acids is 4. The van der Waals surface area contributed by atoms with E-state index in [4.69, 9.17) is 54.9 Å². The second-order valence-electron chi connectivity index (χ2n) is 8.04. The predicted molar refractivity (Wildman–Crippen MR) is 185 cm³/mol. The van der Waals surface area contributed by atoms with Crippen molar-refractivity contribution in [3.05, 3.63) is 83.9 Å². The third-order valence-corrected chi connectivity index (χ3v) is 4.98. The molecule has 0 saturated heterocycles. The maximum Gasteiger partial charge on any atom is 1.00 e. The normalized spacial score (nSPS) is 9.62. The first-order chi connectivity index (χ1) is 22.2. The van der Waals surface area contributed by atoms with E-state index in [0.29, 0.717) is 62.2 Å². The summed E-state index contributed by atoms with van der Waals surface area (Å²) in [5, 5.41) is 81.7. The van der Waals surface area contributed by atoms with Crippen LogP contribution >= 0.6 is 0 Å². The molecule has 0 fully saturated rings. The molecule has 0 aliphatic heterocycles. The van der Waals surface area contributed by atoms with Crippen molar-refractivity contribution in [3.63, 3.8) is 0 Å². The van der Waals surface area contributed by atoms with Crippen molar-refractivity contribution in [2.24, 2.45) is 0 Å². The third kappa shape index (κ3) is 40.3. The molecule has 2 aromatic rings. The van der Waals surface area contributed by atoms with E-state index in [9.17, 15) is 29.4 Å². The first kappa shape index (κ1) is 73.4. The minimum absolute atomic E-state index is 0. The Balaban J connectivity index is -0.0000000537. The van der Waals surface area contributed by atoms with Gasteiger partial charge in [-0.05, 0) is 25.7 Å². The Morgan fingerprint density at radius 3 is 1.06 bits per heavy atom. The number of hydrogen-bond donors (Lipinski definition) is 4. The van der Waals surface area contributed by atoms with E-state index in [1.54, 1.807) is 60.7 Å². The van der Waals surface area contributed by atoms with E-state index in [-0.39, 0.29) is 99.9 Å². The van der Waals surface area contributed by atoms with Gasteiger partial charge in [0.05, 0.1) is 24.3 Å². The van der Waals surface area contributed by atoms with Gasteiger partial charge in [0.15, 0.2) is 24.8 Å². The molecule has 16 heteroatoms. The molecule has 4 unspecified atom stereocenters. The first-order valence-electron chi connectivity index (χ1n) is 12.9. The zero-order valence-electron chi connectivity index (χ0n) is 26.6. The SMILES string of the molecule is C.C.C.C.N#CC(O)CCCC(O)C#N.N#CC(O)c1ccccc1C(O)C#N.O=CCCCC=O.O=Cc1ccccc1C=O.[C-]#N.[C-]#N.[Na+].[Na+]. The zero-order chi connectivity index (χ0) is 36.2. The van der Waals surface area contributed by atoms with Crippen molar-refractivity contribution in [1.29, 1.82) is 31.6 Å². The second-order valence-corrected chi connectivity index (χ2v) is 8.04. The van der Waals surface area contributed by atoms with Crippen LogP contribution in [0, 0.1) is 69.0 Å². The van der Waals surface area contributed by atoms with Crippen LogP contribution in [0.25, 0.3) is 0 Å². The van der Waals surface area contributed by atoms with Crippen molar-refractivity contribution >= 4 is 25.1 Å². The number of aliphatic hydroxyl groups excluding tert-OH is 4. The summed E-state index contributed by atoms with van der Waals surface area (Å²) >= 11 is 0. The minimum Gasteiger partial charge on any atom is -0.512 e. The average Bonchev–Trinajstić information content (AvgIpc) is 3.13. The Kier molecular flexibility index (Phi) is 79.4. The number of rotatable bonds is 12. The zero-order valence-corrected chi connectivity index (χ0v) is 30.6. The van der Waals surface area contributed by atoms with Crippen LogP contribution in [0.5, 0.6) is 0 Å². The second kappa shape index (κ2) is 56.3. The summed E-state index contributed by atoms with van der Waals surface area (Å²) in [7, 11) is 0. The van der Waals surface area contributed by atoms with Gasteiger partial charge in [0.25, 0.3) is 0 Å². The molecule has 2 aromatic carbocycles. The van der Waals surface area contributed by atoms with E-state index >= 15 is 0 Å². The molecule has 2 rings (SSSR count). The van der Waals surface area contributed by atoms with Crippen LogP contribution in [0.3, 0.4) is 0 Å². The quantitative estimate of drug-likeness (QED) is 0.0691. The number of unbranched alkanes of at least 4 members (excludes halogenated alkanes) is 2. The van der Waals surface area contributed by atoms with Gasteiger partial charge in [0.2, 0.25) is 0 Å². The van der Waals surface area contributed by atoms with Gasteiger partial charge in [-0.15, -0.1) is 0 Å².